The van der Waals surface area contributed by atoms with Crippen molar-refractivity contribution < 1.29 is 28.9 Å². The third-order valence-electron chi connectivity index (χ3n) is 6.85. The summed E-state index contributed by atoms with van der Waals surface area (Å²) >= 11 is 0. The number of fused-ring (bicyclic) bond motifs is 4. The van der Waals surface area contributed by atoms with Gasteiger partial charge in [0.05, 0.1) is 16.9 Å². The molecule has 3 heterocycles. The van der Waals surface area contributed by atoms with Gasteiger partial charge in [-0.05, 0) is 12.8 Å². The van der Waals surface area contributed by atoms with Crippen molar-refractivity contribution in [2.75, 3.05) is 0 Å². The average molecular weight is 294 g/mol. The molecule has 8 atom stereocenters. The molecule has 2 aliphatic carbocycles. The summed E-state index contributed by atoms with van der Waals surface area (Å²) in [6.07, 6.45) is -1.10. The van der Waals surface area contributed by atoms with Crippen molar-refractivity contribution in [2.24, 2.45) is 23.2 Å². The lowest BCUT2D eigenvalue weighted by atomic mass is 9.52. The number of carbonyl (C=O) groups excluding carboxylic acids is 2. The number of esters is 2. The van der Waals surface area contributed by atoms with E-state index in [9.17, 15) is 14.7 Å². The van der Waals surface area contributed by atoms with Gasteiger partial charge >= 0.3 is 11.9 Å². The number of ether oxygens (including phenoxy) is 3. The number of hydrogen-bond donors (Lipinski definition) is 1. The topological polar surface area (TPSA) is 85.4 Å². The van der Waals surface area contributed by atoms with E-state index >= 15 is 0 Å². The Morgan fingerprint density at radius 2 is 2.00 bits per heavy atom. The van der Waals surface area contributed by atoms with Crippen LogP contribution in [0.2, 0.25) is 0 Å². The minimum absolute atomic E-state index is 0.124. The van der Waals surface area contributed by atoms with Gasteiger partial charge in [-0.15, -0.1) is 0 Å². The Hall–Kier alpha value is -1.14. The zero-order valence-electron chi connectivity index (χ0n) is 12.2. The summed E-state index contributed by atoms with van der Waals surface area (Å²) in [7, 11) is 0. The van der Waals surface area contributed by atoms with E-state index in [4.69, 9.17) is 14.2 Å². The number of carbonyl (C=O) groups is 2. The lowest BCUT2D eigenvalue weighted by molar-refractivity contribution is -0.205. The Bertz CT molecular complexity index is 601. The molecule has 6 heteroatoms. The summed E-state index contributed by atoms with van der Waals surface area (Å²) in [4.78, 5) is 24.7. The first kappa shape index (κ1) is 12.4. The first-order chi connectivity index (χ1) is 9.79. The lowest BCUT2D eigenvalue weighted by Gasteiger charge is -2.51. The standard InChI is InChI=1S/C15H18O6/c1-5(2)7-8-11(16)19-9(7)10-13(3)14(8,18)4-6-15(13,21-6)12(17)20-10/h5-10,18H,4H2,1-3H3. The number of epoxide rings is 1. The van der Waals surface area contributed by atoms with Crippen LogP contribution in [0.1, 0.15) is 27.2 Å². The minimum Gasteiger partial charge on any atom is -0.458 e. The maximum Gasteiger partial charge on any atom is 0.342 e. The molecule has 0 amide bonds. The highest BCUT2D eigenvalue weighted by atomic mass is 16.7. The van der Waals surface area contributed by atoms with E-state index < -0.39 is 40.7 Å². The smallest absolute Gasteiger partial charge is 0.342 e. The van der Waals surface area contributed by atoms with Gasteiger partial charge in [-0.1, -0.05) is 13.8 Å². The molecule has 5 aliphatic rings. The van der Waals surface area contributed by atoms with E-state index in [1.165, 1.54) is 0 Å². The molecule has 0 aromatic rings. The molecule has 3 saturated heterocycles. The molecule has 1 spiro atoms. The van der Waals surface area contributed by atoms with Crippen LogP contribution in [0.4, 0.5) is 0 Å². The van der Waals surface area contributed by atoms with E-state index in [1.807, 2.05) is 20.8 Å². The normalized spacial score (nSPS) is 62.4. The van der Waals surface area contributed by atoms with Gasteiger partial charge in [-0.3, -0.25) is 4.79 Å². The van der Waals surface area contributed by atoms with Crippen molar-refractivity contribution in [1.29, 1.82) is 0 Å². The fourth-order valence-corrected chi connectivity index (χ4v) is 5.84. The fraction of sp³-hybridized carbons (Fsp3) is 0.867. The van der Waals surface area contributed by atoms with Crippen molar-refractivity contribution in [2.45, 2.75) is 56.7 Å². The van der Waals surface area contributed by atoms with Gasteiger partial charge in [-0.25, -0.2) is 4.79 Å². The molecule has 8 unspecified atom stereocenters. The Labute approximate surface area is 121 Å². The van der Waals surface area contributed by atoms with Crippen molar-refractivity contribution in [3.8, 4) is 0 Å². The van der Waals surface area contributed by atoms with E-state index in [0.717, 1.165) is 0 Å². The second-order valence-corrected chi connectivity index (χ2v) is 7.70. The summed E-state index contributed by atoms with van der Waals surface area (Å²) in [5, 5.41) is 11.4. The van der Waals surface area contributed by atoms with Crippen LogP contribution in [0.3, 0.4) is 0 Å². The summed E-state index contributed by atoms with van der Waals surface area (Å²) in [6.45, 7) is 5.85. The monoisotopic (exact) mass is 294 g/mol. The molecular weight excluding hydrogens is 276 g/mol. The van der Waals surface area contributed by atoms with Crippen molar-refractivity contribution >= 4 is 11.9 Å². The highest BCUT2D eigenvalue weighted by Crippen LogP contribution is 2.76. The van der Waals surface area contributed by atoms with Crippen LogP contribution < -0.4 is 0 Å². The second-order valence-electron chi connectivity index (χ2n) is 7.70. The van der Waals surface area contributed by atoms with Crippen LogP contribution in [-0.2, 0) is 23.8 Å². The van der Waals surface area contributed by atoms with E-state index in [1.54, 1.807) is 0 Å². The Morgan fingerprint density at radius 1 is 1.29 bits per heavy atom. The van der Waals surface area contributed by atoms with Crippen LogP contribution >= 0.6 is 0 Å². The lowest BCUT2D eigenvalue weighted by Crippen LogP contribution is -2.66. The van der Waals surface area contributed by atoms with Crippen LogP contribution in [0.15, 0.2) is 0 Å². The van der Waals surface area contributed by atoms with Gasteiger partial charge in [0.15, 0.2) is 6.10 Å². The van der Waals surface area contributed by atoms with E-state index in [2.05, 4.69) is 0 Å². The van der Waals surface area contributed by atoms with E-state index in [0.29, 0.717) is 6.42 Å². The van der Waals surface area contributed by atoms with Crippen LogP contribution in [0.25, 0.3) is 0 Å². The second kappa shape index (κ2) is 2.99. The first-order valence-corrected chi connectivity index (χ1v) is 7.61. The summed E-state index contributed by atoms with van der Waals surface area (Å²) in [6, 6.07) is 0. The molecule has 0 aromatic carbocycles. The molecule has 0 radical (unpaired) electrons. The summed E-state index contributed by atoms with van der Waals surface area (Å²) in [5.41, 5.74) is -3.24. The van der Waals surface area contributed by atoms with Crippen molar-refractivity contribution in [3.05, 3.63) is 0 Å². The SMILES string of the molecule is CC(C)C1C2OC(=O)C1C1(O)CC3OC34C(=O)OC2C14C. The third kappa shape index (κ3) is 0.908. The first-order valence-electron chi connectivity index (χ1n) is 7.61. The van der Waals surface area contributed by atoms with Crippen molar-refractivity contribution in [3.63, 3.8) is 0 Å². The average Bonchev–Trinajstić information content (AvgIpc) is 2.86. The molecule has 0 aromatic heterocycles. The predicted molar refractivity (Wildman–Crippen MR) is 66.9 cm³/mol. The fourth-order valence-electron chi connectivity index (χ4n) is 5.84. The molecule has 1 N–H and O–H groups in total. The quantitative estimate of drug-likeness (QED) is 0.542. The molecule has 5 fully saturated rings. The van der Waals surface area contributed by atoms with Crippen LogP contribution in [-0.4, -0.2) is 46.6 Å². The highest BCUT2D eigenvalue weighted by molar-refractivity contribution is 5.91. The highest BCUT2D eigenvalue weighted by Gasteiger charge is 2.95. The summed E-state index contributed by atoms with van der Waals surface area (Å²) in [5.74, 6) is -1.31. The summed E-state index contributed by atoms with van der Waals surface area (Å²) < 4.78 is 16.7. The molecule has 5 rings (SSSR count). The Balaban J connectivity index is 1.76. The zero-order valence-corrected chi connectivity index (χ0v) is 12.2. The van der Waals surface area contributed by atoms with E-state index in [-0.39, 0.29) is 23.9 Å². The molecule has 3 aliphatic heterocycles. The molecule has 2 saturated carbocycles. The number of aliphatic hydroxyl groups is 1. The van der Waals surface area contributed by atoms with Gasteiger partial charge in [0.1, 0.15) is 12.2 Å². The largest absolute Gasteiger partial charge is 0.458 e. The molecular formula is C15H18O6. The predicted octanol–water partition coefficient (Wildman–Crippen LogP) is 0.0179. The van der Waals surface area contributed by atoms with Gasteiger partial charge < -0.3 is 19.3 Å². The maximum absolute atomic E-state index is 12.4. The van der Waals surface area contributed by atoms with Crippen LogP contribution in [0.5, 0.6) is 0 Å². The van der Waals surface area contributed by atoms with Crippen molar-refractivity contribution in [1.82, 2.24) is 0 Å². The molecule has 114 valence electrons. The minimum atomic E-state index is -1.29. The van der Waals surface area contributed by atoms with Crippen LogP contribution in [0, 0.1) is 23.2 Å². The van der Waals surface area contributed by atoms with Gasteiger partial charge in [0.25, 0.3) is 0 Å². The van der Waals surface area contributed by atoms with Gasteiger partial charge in [0, 0.05) is 12.3 Å². The third-order valence-corrected chi connectivity index (χ3v) is 6.85. The number of rotatable bonds is 1. The Kier molecular flexibility index (Phi) is 1.77. The van der Waals surface area contributed by atoms with Gasteiger partial charge in [0.2, 0.25) is 5.60 Å². The Morgan fingerprint density at radius 3 is 2.67 bits per heavy atom. The zero-order chi connectivity index (χ0) is 14.9. The number of hydrogen-bond acceptors (Lipinski definition) is 6. The maximum atomic E-state index is 12.4. The molecule has 2 bridgehead atoms. The molecule has 21 heavy (non-hydrogen) atoms. The molecule has 6 nitrogen and oxygen atoms in total. The van der Waals surface area contributed by atoms with Gasteiger partial charge in [-0.2, -0.15) is 0 Å².